The van der Waals surface area contributed by atoms with Crippen molar-refractivity contribution in [1.29, 1.82) is 0 Å². The third-order valence-electron chi connectivity index (χ3n) is 5.70. The van der Waals surface area contributed by atoms with Gasteiger partial charge in [0.2, 0.25) is 5.01 Å². The summed E-state index contributed by atoms with van der Waals surface area (Å²) in [6.07, 6.45) is 0. The monoisotopic (exact) mass is 465 g/mol. The lowest BCUT2D eigenvalue weighted by Gasteiger charge is -2.34. The number of piperazine rings is 1. The van der Waals surface area contributed by atoms with Gasteiger partial charge in [-0.05, 0) is 37.1 Å². The molecule has 0 saturated carbocycles. The van der Waals surface area contributed by atoms with Gasteiger partial charge in [0.25, 0.3) is 5.91 Å². The number of rotatable bonds is 9. The zero-order valence-electron chi connectivity index (χ0n) is 19.3. The van der Waals surface area contributed by atoms with Crippen LogP contribution in [0.15, 0.2) is 48.5 Å². The molecular formula is C25H31N5O2S. The predicted octanol–water partition coefficient (Wildman–Crippen LogP) is 3.49. The van der Waals surface area contributed by atoms with E-state index in [1.54, 1.807) is 0 Å². The molecule has 0 spiro atoms. The summed E-state index contributed by atoms with van der Waals surface area (Å²) in [4.78, 5) is 17.3. The summed E-state index contributed by atoms with van der Waals surface area (Å²) in [7, 11) is 0. The van der Waals surface area contributed by atoms with E-state index in [4.69, 9.17) is 4.74 Å². The van der Waals surface area contributed by atoms with Crippen LogP contribution in [0.4, 0.5) is 0 Å². The maximum absolute atomic E-state index is 12.4. The lowest BCUT2D eigenvalue weighted by molar-refractivity contribution is 0.0950. The Morgan fingerprint density at radius 2 is 1.58 bits per heavy atom. The van der Waals surface area contributed by atoms with Crippen LogP contribution in [-0.2, 0) is 19.6 Å². The fourth-order valence-electron chi connectivity index (χ4n) is 3.79. The molecule has 1 amide bonds. The van der Waals surface area contributed by atoms with E-state index in [0.717, 1.165) is 55.6 Å². The highest BCUT2D eigenvalue weighted by Gasteiger charge is 2.20. The van der Waals surface area contributed by atoms with E-state index in [9.17, 15) is 4.79 Å². The number of nitrogens with one attached hydrogen (secondary N) is 1. The molecule has 33 heavy (non-hydrogen) atoms. The lowest BCUT2D eigenvalue weighted by atomic mass is 10.1. The third-order valence-corrected chi connectivity index (χ3v) is 6.61. The number of ether oxygens (including phenoxy) is 1. The Morgan fingerprint density at radius 1 is 0.939 bits per heavy atom. The van der Waals surface area contributed by atoms with E-state index in [0.29, 0.717) is 18.2 Å². The van der Waals surface area contributed by atoms with Gasteiger partial charge < -0.3 is 10.1 Å². The minimum Gasteiger partial charge on any atom is -0.494 e. The minimum absolute atomic E-state index is 0.167. The number of carbonyl (C=O) groups excluding carboxylic acids is 1. The van der Waals surface area contributed by atoms with Gasteiger partial charge in [-0.25, -0.2) is 0 Å². The molecule has 2 aromatic carbocycles. The first kappa shape index (κ1) is 23.4. The quantitative estimate of drug-likeness (QED) is 0.522. The van der Waals surface area contributed by atoms with E-state index in [2.05, 4.69) is 37.4 Å². The molecule has 2 heterocycles. The second-order valence-corrected chi connectivity index (χ2v) is 9.36. The lowest BCUT2D eigenvalue weighted by Crippen LogP contribution is -2.45. The molecular weight excluding hydrogens is 434 g/mol. The van der Waals surface area contributed by atoms with Gasteiger partial charge in [0, 0.05) is 39.3 Å². The molecule has 0 unspecified atom stereocenters. The summed E-state index contributed by atoms with van der Waals surface area (Å²) in [5, 5.41) is 12.6. The van der Waals surface area contributed by atoms with Crippen LogP contribution in [-0.4, -0.2) is 58.7 Å². The van der Waals surface area contributed by atoms with Gasteiger partial charge >= 0.3 is 0 Å². The fraction of sp³-hybridized carbons (Fsp3) is 0.400. The first-order valence-electron chi connectivity index (χ1n) is 11.4. The van der Waals surface area contributed by atoms with E-state index in [1.165, 1.54) is 22.5 Å². The van der Waals surface area contributed by atoms with Crippen molar-refractivity contribution in [3.63, 3.8) is 0 Å². The molecule has 1 N–H and O–H groups in total. The summed E-state index contributed by atoms with van der Waals surface area (Å²) in [6, 6.07) is 16.5. The zero-order chi connectivity index (χ0) is 23.0. The van der Waals surface area contributed by atoms with Crippen molar-refractivity contribution < 1.29 is 9.53 Å². The highest BCUT2D eigenvalue weighted by atomic mass is 32.1. The van der Waals surface area contributed by atoms with Gasteiger partial charge in [0.05, 0.1) is 13.2 Å². The van der Waals surface area contributed by atoms with Crippen LogP contribution < -0.4 is 10.1 Å². The molecule has 0 atom stereocenters. The molecule has 8 heteroatoms. The second-order valence-electron chi connectivity index (χ2n) is 8.30. The largest absolute Gasteiger partial charge is 0.494 e. The van der Waals surface area contributed by atoms with Crippen molar-refractivity contribution >= 4 is 17.2 Å². The summed E-state index contributed by atoms with van der Waals surface area (Å²) in [5.41, 5.74) is 3.58. The Morgan fingerprint density at radius 3 is 2.24 bits per heavy atom. The summed E-state index contributed by atoms with van der Waals surface area (Å²) in [6.45, 7) is 10.9. The van der Waals surface area contributed by atoms with E-state index < -0.39 is 0 Å². The number of hydrogen-bond acceptors (Lipinski definition) is 7. The summed E-state index contributed by atoms with van der Waals surface area (Å²) in [5.74, 6) is 0.755. The number of amides is 1. The normalized spacial score (nSPS) is 14.8. The molecule has 1 aliphatic rings. The molecule has 3 aromatic rings. The van der Waals surface area contributed by atoms with Gasteiger partial charge in [-0.1, -0.05) is 53.3 Å². The van der Waals surface area contributed by atoms with Crippen LogP contribution in [0.25, 0.3) is 0 Å². The van der Waals surface area contributed by atoms with Gasteiger partial charge in [0.15, 0.2) is 0 Å². The predicted molar refractivity (Wildman–Crippen MR) is 130 cm³/mol. The molecule has 1 fully saturated rings. The molecule has 7 nitrogen and oxygen atoms in total. The third kappa shape index (κ3) is 6.83. The van der Waals surface area contributed by atoms with Crippen molar-refractivity contribution in [2.24, 2.45) is 0 Å². The highest BCUT2D eigenvalue weighted by molar-refractivity contribution is 7.13. The Kier molecular flexibility index (Phi) is 8.04. The average Bonchev–Trinajstić information content (AvgIpc) is 3.30. The maximum atomic E-state index is 12.4. The van der Waals surface area contributed by atoms with E-state index >= 15 is 0 Å². The van der Waals surface area contributed by atoms with Crippen LogP contribution in [0.2, 0.25) is 0 Å². The molecule has 174 valence electrons. The topological polar surface area (TPSA) is 70.6 Å². The molecule has 1 aromatic heterocycles. The van der Waals surface area contributed by atoms with Crippen LogP contribution in [0.1, 0.15) is 38.4 Å². The van der Waals surface area contributed by atoms with Crippen LogP contribution >= 0.6 is 11.3 Å². The summed E-state index contributed by atoms with van der Waals surface area (Å²) >= 11 is 1.38. The van der Waals surface area contributed by atoms with Gasteiger partial charge in [-0.3, -0.25) is 14.6 Å². The number of benzene rings is 2. The Hall–Kier alpha value is -2.81. The molecule has 0 bridgehead atoms. The number of hydrogen-bond donors (Lipinski definition) is 1. The SMILES string of the molecule is CCOc1ccc(CN2CCN(Cc3nnc(C(=O)NCc4ccc(C)cc4)s3)CC2)cc1. The van der Waals surface area contributed by atoms with Crippen molar-refractivity contribution in [2.45, 2.75) is 33.5 Å². The number of nitrogens with zero attached hydrogens (tertiary/aromatic N) is 4. The molecule has 1 aliphatic heterocycles. The highest BCUT2D eigenvalue weighted by Crippen LogP contribution is 2.17. The van der Waals surface area contributed by atoms with Crippen molar-refractivity contribution in [3.8, 4) is 5.75 Å². The fourth-order valence-corrected chi connectivity index (χ4v) is 4.58. The average molecular weight is 466 g/mol. The minimum atomic E-state index is -0.167. The molecule has 0 aliphatic carbocycles. The standard InChI is InChI=1S/C25H31N5O2S/c1-3-32-22-10-8-21(9-11-22)17-29-12-14-30(15-13-29)18-23-27-28-25(33-23)24(31)26-16-20-6-4-19(2)5-7-20/h4-11H,3,12-18H2,1-2H3,(H,26,31). The second kappa shape index (κ2) is 11.4. The first-order chi connectivity index (χ1) is 16.1. The van der Waals surface area contributed by atoms with Crippen molar-refractivity contribution in [3.05, 3.63) is 75.2 Å². The van der Waals surface area contributed by atoms with Crippen LogP contribution in [0.5, 0.6) is 5.75 Å². The van der Waals surface area contributed by atoms with Crippen LogP contribution in [0, 0.1) is 6.92 Å². The molecule has 1 saturated heterocycles. The van der Waals surface area contributed by atoms with Gasteiger partial charge in [-0.2, -0.15) is 0 Å². The van der Waals surface area contributed by atoms with E-state index in [-0.39, 0.29) is 5.91 Å². The van der Waals surface area contributed by atoms with Gasteiger partial charge in [-0.15, -0.1) is 10.2 Å². The summed E-state index contributed by atoms with van der Waals surface area (Å²) < 4.78 is 5.52. The zero-order valence-corrected chi connectivity index (χ0v) is 20.1. The van der Waals surface area contributed by atoms with Crippen molar-refractivity contribution in [2.75, 3.05) is 32.8 Å². The molecule has 0 radical (unpaired) electrons. The van der Waals surface area contributed by atoms with Crippen LogP contribution in [0.3, 0.4) is 0 Å². The molecule has 4 rings (SSSR count). The number of aromatic nitrogens is 2. The Bertz CT molecular complexity index is 1030. The Balaban J connectivity index is 1.20. The van der Waals surface area contributed by atoms with Crippen molar-refractivity contribution in [1.82, 2.24) is 25.3 Å². The number of aryl methyl sites for hydroxylation is 1. The smallest absolute Gasteiger partial charge is 0.282 e. The van der Waals surface area contributed by atoms with E-state index in [1.807, 2.05) is 50.2 Å². The number of carbonyl (C=O) groups is 1. The Labute approximate surface area is 199 Å². The maximum Gasteiger partial charge on any atom is 0.282 e. The first-order valence-corrected chi connectivity index (χ1v) is 12.2. The van der Waals surface area contributed by atoms with Gasteiger partial charge in [0.1, 0.15) is 10.8 Å².